The summed E-state index contributed by atoms with van der Waals surface area (Å²) in [5.41, 5.74) is 0.522. The van der Waals surface area contributed by atoms with Crippen molar-refractivity contribution >= 4 is 0 Å². The minimum atomic E-state index is -0.566. The molecule has 0 amide bonds. The molecular weight excluding hydrogens is 202 g/mol. The number of nitrogens with zero attached hydrogens (tertiary/aromatic N) is 1. The van der Waals surface area contributed by atoms with Gasteiger partial charge in [-0.25, -0.2) is 0 Å². The van der Waals surface area contributed by atoms with Crippen LogP contribution in [0.1, 0.15) is 18.4 Å². The fraction of sp³-hybridized carbons (Fsp3) is 0.538. The maximum Gasteiger partial charge on any atom is 0.115 e. The molecule has 16 heavy (non-hydrogen) atoms. The molecule has 1 fully saturated rings. The number of likely N-dealkylation sites (tertiary alicyclic amines) is 1. The van der Waals surface area contributed by atoms with Gasteiger partial charge in [-0.1, -0.05) is 12.1 Å². The highest BCUT2D eigenvalue weighted by Gasteiger charge is 2.31. The highest BCUT2D eigenvalue weighted by atomic mass is 16.3. The molecular formula is C13H19NO2. The average molecular weight is 221 g/mol. The fourth-order valence-corrected chi connectivity index (χ4v) is 2.21. The van der Waals surface area contributed by atoms with E-state index in [1.165, 1.54) is 0 Å². The average Bonchev–Trinajstić information content (AvgIpc) is 2.27. The number of aromatic hydroxyl groups is 1. The third kappa shape index (κ3) is 2.74. The fourth-order valence-electron chi connectivity index (χ4n) is 2.21. The Bertz CT molecular complexity index is 339. The van der Waals surface area contributed by atoms with E-state index in [0.717, 1.165) is 31.5 Å². The molecule has 1 aliphatic rings. The third-order valence-electron chi connectivity index (χ3n) is 3.39. The topological polar surface area (TPSA) is 43.7 Å². The molecule has 1 aromatic rings. The molecule has 0 atom stereocenters. The van der Waals surface area contributed by atoms with Gasteiger partial charge >= 0.3 is 0 Å². The maximum absolute atomic E-state index is 10.4. The van der Waals surface area contributed by atoms with Crippen molar-refractivity contribution in [2.75, 3.05) is 20.1 Å². The van der Waals surface area contributed by atoms with Gasteiger partial charge in [-0.05, 0) is 37.6 Å². The highest BCUT2D eigenvalue weighted by molar-refractivity contribution is 5.27. The van der Waals surface area contributed by atoms with Gasteiger partial charge in [0.05, 0.1) is 5.60 Å². The Morgan fingerprint density at radius 1 is 1.19 bits per heavy atom. The number of hydrogen-bond donors (Lipinski definition) is 2. The van der Waals surface area contributed by atoms with Gasteiger partial charge in [0.1, 0.15) is 5.75 Å². The van der Waals surface area contributed by atoms with E-state index in [1.54, 1.807) is 12.1 Å². The van der Waals surface area contributed by atoms with Crippen molar-refractivity contribution in [2.45, 2.75) is 24.9 Å². The van der Waals surface area contributed by atoms with E-state index >= 15 is 0 Å². The van der Waals surface area contributed by atoms with E-state index in [0.29, 0.717) is 6.42 Å². The van der Waals surface area contributed by atoms with Gasteiger partial charge in [-0.3, -0.25) is 0 Å². The van der Waals surface area contributed by atoms with Crippen molar-refractivity contribution in [1.29, 1.82) is 0 Å². The first-order valence-electron chi connectivity index (χ1n) is 5.76. The second kappa shape index (κ2) is 4.44. The lowest BCUT2D eigenvalue weighted by Crippen LogP contribution is -2.44. The minimum absolute atomic E-state index is 0.277. The van der Waals surface area contributed by atoms with Crippen LogP contribution in [0.15, 0.2) is 24.3 Å². The standard InChI is InChI=1S/C13H19NO2/c1-14-8-6-13(16,7-9-14)10-11-2-4-12(15)5-3-11/h2-5,15-16H,6-10H2,1H3. The van der Waals surface area contributed by atoms with E-state index in [-0.39, 0.29) is 5.75 Å². The van der Waals surface area contributed by atoms with Gasteiger partial charge in [-0.2, -0.15) is 0 Å². The van der Waals surface area contributed by atoms with Crippen LogP contribution in [0.2, 0.25) is 0 Å². The van der Waals surface area contributed by atoms with Gasteiger partial charge in [-0.15, -0.1) is 0 Å². The van der Waals surface area contributed by atoms with Crippen molar-refractivity contribution in [3.8, 4) is 5.75 Å². The molecule has 0 aromatic heterocycles. The van der Waals surface area contributed by atoms with E-state index < -0.39 is 5.60 Å². The molecule has 1 saturated heterocycles. The van der Waals surface area contributed by atoms with Gasteiger partial charge in [0.25, 0.3) is 0 Å². The number of phenolic OH excluding ortho intramolecular Hbond substituents is 1. The second-order valence-electron chi connectivity index (χ2n) is 4.87. The lowest BCUT2D eigenvalue weighted by atomic mass is 9.85. The summed E-state index contributed by atoms with van der Waals surface area (Å²) in [4.78, 5) is 2.24. The quantitative estimate of drug-likeness (QED) is 0.793. The van der Waals surface area contributed by atoms with Crippen molar-refractivity contribution in [2.24, 2.45) is 0 Å². The van der Waals surface area contributed by atoms with Crippen molar-refractivity contribution in [1.82, 2.24) is 4.90 Å². The van der Waals surface area contributed by atoms with Crippen molar-refractivity contribution < 1.29 is 10.2 Å². The zero-order valence-electron chi connectivity index (χ0n) is 9.69. The Labute approximate surface area is 96.3 Å². The minimum Gasteiger partial charge on any atom is -0.508 e. The Morgan fingerprint density at radius 2 is 1.75 bits per heavy atom. The zero-order valence-corrected chi connectivity index (χ0v) is 9.69. The summed E-state index contributed by atoms with van der Waals surface area (Å²) in [6.45, 7) is 1.91. The monoisotopic (exact) mass is 221 g/mol. The third-order valence-corrected chi connectivity index (χ3v) is 3.39. The maximum atomic E-state index is 10.4. The number of piperidine rings is 1. The summed E-state index contributed by atoms with van der Waals surface area (Å²) in [5.74, 6) is 0.277. The summed E-state index contributed by atoms with van der Waals surface area (Å²) in [6.07, 6.45) is 2.33. The molecule has 88 valence electrons. The lowest BCUT2D eigenvalue weighted by molar-refractivity contribution is -0.0150. The Morgan fingerprint density at radius 3 is 2.31 bits per heavy atom. The van der Waals surface area contributed by atoms with E-state index in [9.17, 15) is 10.2 Å². The first-order chi connectivity index (χ1) is 7.57. The van der Waals surface area contributed by atoms with Crippen LogP contribution in [-0.2, 0) is 6.42 Å². The zero-order chi connectivity index (χ0) is 11.6. The van der Waals surface area contributed by atoms with Crippen molar-refractivity contribution in [3.63, 3.8) is 0 Å². The molecule has 0 bridgehead atoms. The Kier molecular flexibility index (Phi) is 3.17. The molecule has 0 spiro atoms. The van der Waals surface area contributed by atoms with Gasteiger partial charge in [0.2, 0.25) is 0 Å². The van der Waals surface area contributed by atoms with E-state index in [4.69, 9.17) is 0 Å². The normalized spacial score (nSPS) is 20.9. The van der Waals surface area contributed by atoms with Gasteiger partial charge in [0, 0.05) is 19.5 Å². The number of benzene rings is 1. The van der Waals surface area contributed by atoms with Crippen LogP contribution in [0.5, 0.6) is 5.75 Å². The summed E-state index contributed by atoms with van der Waals surface area (Å²) in [6, 6.07) is 7.11. The Hall–Kier alpha value is -1.06. The van der Waals surface area contributed by atoms with Crippen LogP contribution in [0.3, 0.4) is 0 Å². The predicted octanol–water partition coefficient (Wildman–Crippen LogP) is 1.39. The smallest absolute Gasteiger partial charge is 0.115 e. The first-order valence-corrected chi connectivity index (χ1v) is 5.76. The van der Waals surface area contributed by atoms with E-state index in [2.05, 4.69) is 11.9 Å². The summed E-state index contributed by atoms with van der Waals surface area (Å²) < 4.78 is 0. The molecule has 0 saturated carbocycles. The Balaban J connectivity index is 2.00. The summed E-state index contributed by atoms with van der Waals surface area (Å²) in [5, 5.41) is 19.6. The number of rotatable bonds is 2. The number of aliphatic hydroxyl groups is 1. The molecule has 1 aromatic carbocycles. The molecule has 1 heterocycles. The largest absolute Gasteiger partial charge is 0.508 e. The van der Waals surface area contributed by atoms with Crippen LogP contribution < -0.4 is 0 Å². The molecule has 3 nitrogen and oxygen atoms in total. The molecule has 2 rings (SSSR count). The van der Waals surface area contributed by atoms with E-state index in [1.807, 2.05) is 12.1 Å². The van der Waals surface area contributed by atoms with Crippen LogP contribution in [0, 0.1) is 0 Å². The molecule has 0 radical (unpaired) electrons. The summed E-state index contributed by atoms with van der Waals surface area (Å²) >= 11 is 0. The van der Waals surface area contributed by atoms with Crippen LogP contribution in [0.25, 0.3) is 0 Å². The SMILES string of the molecule is CN1CCC(O)(Cc2ccc(O)cc2)CC1. The first kappa shape index (κ1) is 11.4. The molecule has 2 N–H and O–H groups in total. The molecule has 0 aliphatic carbocycles. The van der Waals surface area contributed by atoms with Crippen LogP contribution in [-0.4, -0.2) is 40.9 Å². The predicted molar refractivity (Wildman–Crippen MR) is 63.5 cm³/mol. The molecule has 1 aliphatic heterocycles. The lowest BCUT2D eigenvalue weighted by Gasteiger charge is -2.36. The number of phenols is 1. The van der Waals surface area contributed by atoms with Crippen LogP contribution in [0.4, 0.5) is 0 Å². The molecule has 0 unspecified atom stereocenters. The highest BCUT2D eigenvalue weighted by Crippen LogP contribution is 2.26. The van der Waals surface area contributed by atoms with Gasteiger partial charge in [0.15, 0.2) is 0 Å². The van der Waals surface area contributed by atoms with Crippen LogP contribution >= 0.6 is 0 Å². The number of hydrogen-bond acceptors (Lipinski definition) is 3. The molecule has 3 heteroatoms. The summed E-state index contributed by atoms with van der Waals surface area (Å²) in [7, 11) is 2.08. The van der Waals surface area contributed by atoms with Gasteiger partial charge < -0.3 is 15.1 Å². The van der Waals surface area contributed by atoms with Crippen molar-refractivity contribution in [3.05, 3.63) is 29.8 Å². The second-order valence-corrected chi connectivity index (χ2v) is 4.87.